The van der Waals surface area contributed by atoms with Crippen LogP contribution in [-0.4, -0.2) is 6.54 Å². The van der Waals surface area contributed by atoms with Crippen LogP contribution in [0.25, 0.3) is 0 Å². The molecule has 2 rings (SSSR count). The molecule has 0 saturated heterocycles. The average molecular weight is 378 g/mol. The van der Waals surface area contributed by atoms with Gasteiger partial charge in [0.2, 0.25) is 0 Å². The Hall–Kier alpha value is -0.810. The van der Waals surface area contributed by atoms with Gasteiger partial charge in [-0.3, -0.25) is 0 Å². The maximum absolute atomic E-state index is 14.0. The van der Waals surface area contributed by atoms with Crippen LogP contribution >= 0.6 is 39.1 Å². The minimum atomic E-state index is -0.458. The van der Waals surface area contributed by atoms with Crippen molar-refractivity contribution in [1.29, 1.82) is 0 Å². The predicted molar refractivity (Wildman–Crippen MR) is 86.0 cm³/mol. The maximum atomic E-state index is 14.0. The quantitative estimate of drug-likeness (QED) is 0.786. The minimum Gasteiger partial charge on any atom is -0.377 e. The summed E-state index contributed by atoms with van der Waals surface area (Å²) in [4.78, 5) is 0. The van der Waals surface area contributed by atoms with Gasteiger partial charge in [-0.05, 0) is 40.2 Å². The van der Waals surface area contributed by atoms with E-state index in [4.69, 9.17) is 28.9 Å². The lowest BCUT2D eigenvalue weighted by molar-refractivity contribution is 0.594. The molecule has 3 N–H and O–H groups in total. The molecule has 0 aliphatic carbocycles. The van der Waals surface area contributed by atoms with Crippen LogP contribution in [0.5, 0.6) is 0 Å². The van der Waals surface area contributed by atoms with Crippen molar-refractivity contribution in [2.75, 3.05) is 11.9 Å². The Kier molecular flexibility index (Phi) is 5.27. The molecule has 0 spiro atoms. The summed E-state index contributed by atoms with van der Waals surface area (Å²) in [5.41, 5.74) is 6.91. The van der Waals surface area contributed by atoms with Crippen molar-refractivity contribution in [3.05, 3.63) is 62.3 Å². The van der Waals surface area contributed by atoms with Crippen LogP contribution in [-0.2, 0) is 0 Å². The number of hydrogen-bond donors (Lipinski definition) is 2. The summed E-state index contributed by atoms with van der Waals surface area (Å²) >= 11 is 15.1. The van der Waals surface area contributed by atoms with Gasteiger partial charge in [0, 0.05) is 22.3 Å². The van der Waals surface area contributed by atoms with Crippen LogP contribution in [0.1, 0.15) is 11.6 Å². The van der Waals surface area contributed by atoms with E-state index in [1.165, 1.54) is 6.07 Å². The van der Waals surface area contributed by atoms with Crippen molar-refractivity contribution in [2.24, 2.45) is 5.73 Å². The Morgan fingerprint density at radius 2 is 1.95 bits per heavy atom. The first-order valence-electron chi connectivity index (χ1n) is 5.88. The van der Waals surface area contributed by atoms with Gasteiger partial charge in [0.15, 0.2) is 0 Å². The van der Waals surface area contributed by atoms with E-state index in [0.717, 1.165) is 10.2 Å². The second-order valence-electron chi connectivity index (χ2n) is 4.20. The van der Waals surface area contributed by atoms with Gasteiger partial charge in [-0.25, -0.2) is 4.39 Å². The molecule has 1 unspecified atom stereocenters. The predicted octanol–water partition coefficient (Wildman–Crippen LogP) is 5.01. The molecular weight excluding hydrogens is 366 g/mol. The van der Waals surface area contributed by atoms with Gasteiger partial charge >= 0.3 is 0 Å². The summed E-state index contributed by atoms with van der Waals surface area (Å²) in [5, 5.41) is 3.80. The van der Waals surface area contributed by atoms with Crippen molar-refractivity contribution in [2.45, 2.75) is 6.04 Å². The SMILES string of the molecule is NCC(Nc1ccc(Br)c(Cl)c1)c1cccc(Cl)c1F. The van der Waals surface area contributed by atoms with E-state index in [1.54, 1.807) is 18.2 Å². The Bertz CT molecular complexity index is 622. The van der Waals surface area contributed by atoms with Gasteiger partial charge in [-0.15, -0.1) is 0 Å². The highest BCUT2D eigenvalue weighted by Gasteiger charge is 2.16. The molecule has 2 nitrogen and oxygen atoms in total. The van der Waals surface area contributed by atoms with E-state index < -0.39 is 5.82 Å². The zero-order valence-corrected chi connectivity index (χ0v) is 13.4. The molecule has 106 valence electrons. The number of halogens is 4. The van der Waals surface area contributed by atoms with Gasteiger partial charge in [-0.2, -0.15) is 0 Å². The molecular formula is C14H12BrCl2FN2. The first-order valence-corrected chi connectivity index (χ1v) is 7.43. The highest BCUT2D eigenvalue weighted by atomic mass is 79.9. The van der Waals surface area contributed by atoms with Gasteiger partial charge < -0.3 is 11.1 Å². The van der Waals surface area contributed by atoms with Crippen molar-refractivity contribution in [1.82, 2.24) is 0 Å². The first-order chi connectivity index (χ1) is 9.52. The van der Waals surface area contributed by atoms with Crippen LogP contribution in [0.4, 0.5) is 10.1 Å². The lowest BCUT2D eigenvalue weighted by Gasteiger charge is -2.20. The van der Waals surface area contributed by atoms with Gasteiger partial charge in [0.05, 0.1) is 16.1 Å². The molecule has 2 aromatic rings. The second-order valence-corrected chi connectivity index (χ2v) is 5.87. The third-order valence-corrected chi connectivity index (χ3v) is 4.38. The molecule has 6 heteroatoms. The molecule has 0 amide bonds. The fourth-order valence-corrected chi connectivity index (χ4v) is 2.45. The van der Waals surface area contributed by atoms with Crippen LogP contribution in [0, 0.1) is 5.82 Å². The molecule has 1 atom stereocenters. The van der Waals surface area contributed by atoms with Crippen LogP contribution in [0.2, 0.25) is 10.0 Å². The molecule has 0 saturated carbocycles. The molecule has 20 heavy (non-hydrogen) atoms. The van der Waals surface area contributed by atoms with E-state index in [1.807, 2.05) is 12.1 Å². The van der Waals surface area contributed by atoms with Crippen LogP contribution in [0.3, 0.4) is 0 Å². The third kappa shape index (κ3) is 3.44. The lowest BCUT2D eigenvalue weighted by atomic mass is 10.1. The van der Waals surface area contributed by atoms with Gasteiger partial charge in [-0.1, -0.05) is 35.3 Å². The van der Waals surface area contributed by atoms with E-state index in [0.29, 0.717) is 10.6 Å². The van der Waals surface area contributed by atoms with Crippen LogP contribution < -0.4 is 11.1 Å². The number of hydrogen-bond acceptors (Lipinski definition) is 2. The summed E-state index contributed by atoms with van der Waals surface area (Å²) in [6, 6.07) is 9.87. The zero-order chi connectivity index (χ0) is 14.7. The van der Waals surface area contributed by atoms with E-state index in [-0.39, 0.29) is 17.6 Å². The average Bonchev–Trinajstić information content (AvgIpc) is 2.43. The number of nitrogens with two attached hydrogens (primary N) is 1. The van der Waals surface area contributed by atoms with Crippen LogP contribution in [0.15, 0.2) is 40.9 Å². The fourth-order valence-electron chi connectivity index (χ4n) is 1.84. The number of rotatable bonds is 4. The number of benzene rings is 2. The molecule has 2 aromatic carbocycles. The number of anilines is 1. The second kappa shape index (κ2) is 6.76. The van der Waals surface area contributed by atoms with Gasteiger partial charge in [0.25, 0.3) is 0 Å². The number of nitrogens with one attached hydrogen (secondary N) is 1. The van der Waals surface area contributed by atoms with Crippen molar-refractivity contribution in [3.63, 3.8) is 0 Å². The highest BCUT2D eigenvalue weighted by Crippen LogP contribution is 2.29. The molecule has 0 heterocycles. The minimum absolute atomic E-state index is 0.0802. The monoisotopic (exact) mass is 376 g/mol. The molecule has 0 fully saturated rings. The van der Waals surface area contributed by atoms with Crippen molar-refractivity contribution >= 4 is 44.8 Å². The molecule has 0 aliphatic rings. The molecule has 0 radical (unpaired) electrons. The Morgan fingerprint density at radius 3 is 2.60 bits per heavy atom. The normalized spacial score (nSPS) is 12.2. The Balaban J connectivity index is 2.28. The van der Waals surface area contributed by atoms with Crippen molar-refractivity contribution in [3.8, 4) is 0 Å². The van der Waals surface area contributed by atoms with Gasteiger partial charge in [0.1, 0.15) is 5.82 Å². The smallest absolute Gasteiger partial charge is 0.147 e. The summed E-state index contributed by atoms with van der Waals surface area (Å²) < 4.78 is 14.8. The Morgan fingerprint density at radius 1 is 1.20 bits per heavy atom. The topological polar surface area (TPSA) is 38.0 Å². The first kappa shape index (κ1) is 15.6. The molecule has 0 aliphatic heterocycles. The fraction of sp³-hybridized carbons (Fsp3) is 0.143. The summed E-state index contributed by atoms with van der Waals surface area (Å²) in [5.74, 6) is -0.458. The molecule has 0 aromatic heterocycles. The van der Waals surface area contributed by atoms with E-state index >= 15 is 0 Å². The van der Waals surface area contributed by atoms with Crippen molar-refractivity contribution < 1.29 is 4.39 Å². The third-order valence-electron chi connectivity index (χ3n) is 2.85. The van der Waals surface area contributed by atoms with E-state index in [2.05, 4.69) is 21.2 Å². The highest BCUT2D eigenvalue weighted by molar-refractivity contribution is 9.10. The standard InChI is InChI=1S/C14H12BrCl2FN2/c15-10-5-4-8(6-12(10)17)20-13(7-19)9-2-1-3-11(16)14(9)18/h1-6,13,20H,7,19H2. The zero-order valence-electron chi connectivity index (χ0n) is 10.3. The lowest BCUT2D eigenvalue weighted by Crippen LogP contribution is -2.21. The Labute approximate surface area is 135 Å². The maximum Gasteiger partial charge on any atom is 0.147 e. The molecule has 0 bridgehead atoms. The summed E-state index contributed by atoms with van der Waals surface area (Å²) in [6.07, 6.45) is 0. The van der Waals surface area contributed by atoms with E-state index in [9.17, 15) is 4.39 Å². The summed E-state index contributed by atoms with van der Waals surface area (Å²) in [6.45, 7) is 0.227. The largest absolute Gasteiger partial charge is 0.377 e. The summed E-state index contributed by atoms with van der Waals surface area (Å²) in [7, 11) is 0.